The molecule has 1 aromatic carbocycles. The average molecular weight is 292 g/mol. The number of carboxylic acid groups (broad SMARTS) is 1. The fourth-order valence-electron chi connectivity index (χ4n) is 2.64. The maximum atomic E-state index is 12.4. The highest BCUT2D eigenvalue weighted by Crippen LogP contribution is 2.19. The molecule has 0 aromatic heterocycles. The predicted octanol–water partition coefficient (Wildman–Crippen LogP) is 0.728. The standard InChI is InChI=1S/C15H20N2O4/c16-12(9-10-4-6-11(18)7-5-10)14(19)17-8-2-1-3-13(17)15(20)21/h4-7,12-13,18H,1-3,8-9,16H2,(H,20,21)/t12-,13+/m1/s1. The van der Waals surface area contributed by atoms with Gasteiger partial charge in [-0.3, -0.25) is 4.79 Å². The van der Waals surface area contributed by atoms with Gasteiger partial charge in [-0.05, 0) is 43.4 Å². The van der Waals surface area contributed by atoms with Crippen molar-refractivity contribution in [1.29, 1.82) is 0 Å². The molecule has 0 radical (unpaired) electrons. The van der Waals surface area contributed by atoms with E-state index in [1.165, 1.54) is 17.0 Å². The van der Waals surface area contributed by atoms with E-state index < -0.39 is 18.1 Å². The number of benzene rings is 1. The number of phenolic OH excluding ortho intramolecular Hbond substituents is 1. The van der Waals surface area contributed by atoms with Crippen LogP contribution in [0.15, 0.2) is 24.3 Å². The summed E-state index contributed by atoms with van der Waals surface area (Å²) in [5.41, 5.74) is 6.76. The summed E-state index contributed by atoms with van der Waals surface area (Å²) in [6.07, 6.45) is 2.42. The molecular formula is C15H20N2O4. The molecule has 0 bridgehead atoms. The number of carbonyl (C=O) groups excluding carboxylic acids is 1. The Balaban J connectivity index is 2.03. The Morgan fingerprint density at radius 2 is 1.95 bits per heavy atom. The monoisotopic (exact) mass is 292 g/mol. The Morgan fingerprint density at radius 1 is 1.29 bits per heavy atom. The molecule has 1 aromatic rings. The largest absolute Gasteiger partial charge is 0.508 e. The lowest BCUT2D eigenvalue weighted by Gasteiger charge is -2.34. The molecule has 21 heavy (non-hydrogen) atoms. The van der Waals surface area contributed by atoms with Crippen LogP contribution < -0.4 is 5.73 Å². The van der Waals surface area contributed by atoms with Crippen molar-refractivity contribution in [3.05, 3.63) is 29.8 Å². The number of carbonyl (C=O) groups is 2. The Bertz CT molecular complexity index is 515. The summed E-state index contributed by atoms with van der Waals surface area (Å²) in [4.78, 5) is 25.0. The lowest BCUT2D eigenvalue weighted by Crippen LogP contribution is -2.54. The van der Waals surface area contributed by atoms with E-state index in [9.17, 15) is 19.8 Å². The number of nitrogens with zero attached hydrogens (tertiary/aromatic N) is 1. The number of amides is 1. The molecule has 1 heterocycles. The highest BCUT2D eigenvalue weighted by atomic mass is 16.4. The number of aliphatic carboxylic acids is 1. The summed E-state index contributed by atoms with van der Waals surface area (Å²) in [5, 5.41) is 18.4. The van der Waals surface area contributed by atoms with Crippen LogP contribution in [-0.4, -0.2) is 45.6 Å². The first kappa shape index (κ1) is 15.3. The minimum atomic E-state index is -0.972. The van der Waals surface area contributed by atoms with Crippen LogP contribution in [0.4, 0.5) is 0 Å². The van der Waals surface area contributed by atoms with Gasteiger partial charge >= 0.3 is 5.97 Å². The van der Waals surface area contributed by atoms with Crippen molar-refractivity contribution in [3.63, 3.8) is 0 Å². The molecule has 0 aliphatic carbocycles. The quantitative estimate of drug-likeness (QED) is 0.759. The van der Waals surface area contributed by atoms with Crippen LogP contribution in [0, 0.1) is 0 Å². The zero-order valence-corrected chi connectivity index (χ0v) is 11.7. The molecule has 2 rings (SSSR count). The third-order valence-corrected chi connectivity index (χ3v) is 3.78. The van der Waals surface area contributed by atoms with Crippen LogP contribution >= 0.6 is 0 Å². The third-order valence-electron chi connectivity index (χ3n) is 3.78. The van der Waals surface area contributed by atoms with Crippen molar-refractivity contribution in [3.8, 4) is 5.75 Å². The van der Waals surface area contributed by atoms with Crippen LogP contribution in [0.3, 0.4) is 0 Å². The highest BCUT2D eigenvalue weighted by molar-refractivity contribution is 5.87. The number of hydrogen-bond donors (Lipinski definition) is 3. The van der Waals surface area contributed by atoms with Crippen molar-refractivity contribution in [2.45, 2.75) is 37.8 Å². The molecule has 1 fully saturated rings. The summed E-state index contributed by atoms with van der Waals surface area (Å²) in [5.74, 6) is -1.14. The molecule has 1 aliphatic rings. The van der Waals surface area contributed by atoms with E-state index in [2.05, 4.69) is 0 Å². The number of aromatic hydroxyl groups is 1. The fraction of sp³-hybridized carbons (Fsp3) is 0.467. The maximum Gasteiger partial charge on any atom is 0.326 e. The normalized spacial score (nSPS) is 20.0. The minimum Gasteiger partial charge on any atom is -0.508 e. The molecule has 6 heteroatoms. The van der Waals surface area contributed by atoms with Crippen molar-refractivity contribution in [1.82, 2.24) is 4.90 Å². The molecular weight excluding hydrogens is 272 g/mol. The minimum absolute atomic E-state index is 0.153. The number of rotatable bonds is 4. The first-order valence-corrected chi connectivity index (χ1v) is 7.06. The van der Waals surface area contributed by atoms with Crippen molar-refractivity contribution < 1.29 is 19.8 Å². The number of phenols is 1. The molecule has 4 N–H and O–H groups in total. The van der Waals surface area contributed by atoms with Crippen molar-refractivity contribution in [2.75, 3.05) is 6.54 Å². The third kappa shape index (κ3) is 3.72. The second kappa shape index (κ2) is 6.58. The van der Waals surface area contributed by atoms with E-state index in [1.807, 2.05) is 0 Å². The molecule has 2 atom stereocenters. The average Bonchev–Trinajstić information content (AvgIpc) is 2.48. The van der Waals surface area contributed by atoms with E-state index in [0.29, 0.717) is 19.4 Å². The van der Waals surface area contributed by atoms with Gasteiger partial charge in [-0.2, -0.15) is 0 Å². The van der Waals surface area contributed by atoms with Crippen molar-refractivity contribution in [2.24, 2.45) is 5.73 Å². The van der Waals surface area contributed by atoms with Gasteiger partial charge in [-0.1, -0.05) is 12.1 Å². The first-order chi connectivity index (χ1) is 9.99. The number of hydrogen-bond acceptors (Lipinski definition) is 4. The number of nitrogens with two attached hydrogens (primary N) is 1. The van der Waals surface area contributed by atoms with Crippen LogP contribution in [0.1, 0.15) is 24.8 Å². The highest BCUT2D eigenvalue weighted by Gasteiger charge is 2.34. The van der Waals surface area contributed by atoms with Crippen LogP contribution in [0.5, 0.6) is 5.75 Å². The Morgan fingerprint density at radius 3 is 2.57 bits per heavy atom. The van der Waals surface area contributed by atoms with E-state index >= 15 is 0 Å². The molecule has 6 nitrogen and oxygen atoms in total. The molecule has 0 unspecified atom stereocenters. The Labute approximate surface area is 123 Å². The van der Waals surface area contributed by atoms with E-state index in [-0.39, 0.29) is 11.7 Å². The molecule has 0 spiro atoms. The lowest BCUT2D eigenvalue weighted by molar-refractivity contribution is -0.152. The molecule has 114 valence electrons. The SMILES string of the molecule is N[C@H](Cc1ccc(O)cc1)C(=O)N1CCCC[C@H]1C(=O)O. The van der Waals surface area contributed by atoms with Crippen LogP contribution in [0.25, 0.3) is 0 Å². The van der Waals surface area contributed by atoms with E-state index in [4.69, 9.17) is 5.73 Å². The van der Waals surface area contributed by atoms with E-state index in [0.717, 1.165) is 18.4 Å². The lowest BCUT2D eigenvalue weighted by atomic mass is 9.99. The number of piperidine rings is 1. The van der Waals surface area contributed by atoms with Crippen LogP contribution in [0.2, 0.25) is 0 Å². The van der Waals surface area contributed by atoms with Crippen molar-refractivity contribution >= 4 is 11.9 Å². The predicted molar refractivity (Wildman–Crippen MR) is 76.8 cm³/mol. The van der Waals surface area contributed by atoms with Gasteiger partial charge in [0, 0.05) is 6.54 Å². The van der Waals surface area contributed by atoms with Gasteiger partial charge in [0.05, 0.1) is 6.04 Å². The summed E-state index contributed by atoms with van der Waals surface area (Å²) in [6.45, 7) is 0.444. The number of likely N-dealkylation sites (tertiary alicyclic amines) is 1. The molecule has 1 aliphatic heterocycles. The first-order valence-electron chi connectivity index (χ1n) is 7.06. The summed E-state index contributed by atoms with van der Waals surface area (Å²) in [7, 11) is 0. The summed E-state index contributed by atoms with van der Waals surface area (Å²) < 4.78 is 0. The summed E-state index contributed by atoms with van der Waals surface area (Å²) >= 11 is 0. The zero-order valence-electron chi connectivity index (χ0n) is 11.7. The number of carboxylic acids is 1. The summed E-state index contributed by atoms with van der Waals surface area (Å²) in [6, 6.07) is 4.94. The smallest absolute Gasteiger partial charge is 0.326 e. The van der Waals surface area contributed by atoms with Gasteiger partial charge in [-0.25, -0.2) is 4.79 Å². The zero-order chi connectivity index (χ0) is 15.4. The van der Waals surface area contributed by atoms with Gasteiger partial charge in [0.15, 0.2) is 0 Å². The second-order valence-electron chi connectivity index (χ2n) is 5.36. The van der Waals surface area contributed by atoms with Crippen LogP contribution in [-0.2, 0) is 16.0 Å². The topological polar surface area (TPSA) is 104 Å². The molecule has 1 amide bonds. The Hall–Kier alpha value is -2.08. The molecule has 0 saturated carbocycles. The Kier molecular flexibility index (Phi) is 4.80. The second-order valence-corrected chi connectivity index (χ2v) is 5.36. The van der Waals surface area contributed by atoms with Gasteiger partial charge < -0.3 is 20.8 Å². The van der Waals surface area contributed by atoms with E-state index in [1.54, 1.807) is 12.1 Å². The van der Waals surface area contributed by atoms with Gasteiger partial charge in [0.1, 0.15) is 11.8 Å². The van der Waals surface area contributed by atoms with Gasteiger partial charge in [-0.15, -0.1) is 0 Å². The maximum absolute atomic E-state index is 12.4. The fourth-order valence-corrected chi connectivity index (χ4v) is 2.64. The van der Waals surface area contributed by atoms with Gasteiger partial charge in [0.25, 0.3) is 0 Å². The molecule has 1 saturated heterocycles. The van der Waals surface area contributed by atoms with Gasteiger partial charge in [0.2, 0.25) is 5.91 Å².